The molecule has 116 heavy (non-hydrogen) atoms. The number of morpholine rings is 3. The van der Waals surface area contributed by atoms with E-state index in [1.807, 2.05) is 36.4 Å². The largest absolute Gasteiger partial charge is 0.439 e. The van der Waals surface area contributed by atoms with Crippen molar-refractivity contribution in [2.24, 2.45) is 35.5 Å². The van der Waals surface area contributed by atoms with Gasteiger partial charge in [-0.25, -0.2) is 54.5 Å². The van der Waals surface area contributed by atoms with E-state index in [0.29, 0.717) is 105 Å². The van der Waals surface area contributed by atoms with Crippen LogP contribution in [0.25, 0.3) is 102 Å². The van der Waals surface area contributed by atoms with Gasteiger partial charge in [0, 0.05) is 86.6 Å². The van der Waals surface area contributed by atoms with E-state index in [1.165, 1.54) is 77.0 Å². The van der Waals surface area contributed by atoms with Gasteiger partial charge in [-0.05, 0) is 163 Å². The molecule has 12 aromatic rings. The van der Waals surface area contributed by atoms with E-state index in [-0.39, 0.29) is 41.9 Å². The van der Waals surface area contributed by atoms with Crippen molar-refractivity contribution in [1.82, 2.24) is 89.1 Å². The van der Waals surface area contributed by atoms with Gasteiger partial charge in [0.1, 0.15) is 17.1 Å². The summed E-state index contributed by atoms with van der Waals surface area (Å²) in [6.07, 6.45) is 32.0. The average Bonchev–Trinajstić information content (AvgIpc) is 1.59. The molecule has 5 aliphatic carbocycles. The monoisotopic (exact) mass is 1640 g/mol. The van der Waals surface area contributed by atoms with E-state index in [0.717, 1.165) is 157 Å². The van der Waals surface area contributed by atoms with Crippen LogP contribution < -0.4 is 32.0 Å². The van der Waals surface area contributed by atoms with Crippen LogP contribution in [0.2, 0.25) is 15.1 Å². The number of pyridine rings is 6. The molecule has 8 fully saturated rings. The van der Waals surface area contributed by atoms with Gasteiger partial charge in [-0.1, -0.05) is 99.3 Å². The summed E-state index contributed by atoms with van der Waals surface area (Å²) in [6, 6.07) is 12.1. The minimum atomic E-state index is -0.637. The SMILES string of the molecule is CC1CCC(Cn2c(N3CCO[C@@H]4CCC[C@H]43)nc3cc(-c4n[nH]c(=O)o4)nc(-c4cncc(Cl)c4)c32)CC1.CC1CCC(Cn2c(N3CCO[C@H]4CCC[C@@H]43)nc3cc(-c4n[nH]c(=O)o4)nc(-c4cncc(Cl)c4)c32)CC1.CC1CCC(Cn2c(N3[C@H](C)COC[C@H]3C)nc3cc(-c4noc(=O)[nH]4)nc(-c4cncc(Cl)c4)c32)CC1. The van der Waals surface area contributed by atoms with Crippen LogP contribution >= 0.6 is 34.8 Å². The molecule has 0 bridgehead atoms. The summed E-state index contributed by atoms with van der Waals surface area (Å²) < 4.78 is 40.6. The van der Waals surface area contributed by atoms with E-state index in [1.54, 1.807) is 37.2 Å². The number of nitrogens with one attached hydrogen (secondary N) is 3. The smallest absolute Gasteiger partial charge is 0.386 e. The first-order valence-electron chi connectivity index (χ1n) is 41.3. The summed E-state index contributed by atoms with van der Waals surface area (Å²) in [5.41, 5.74) is 10.8. The van der Waals surface area contributed by atoms with Crippen molar-refractivity contribution in [1.29, 1.82) is 0 Å². The molecular weight excluding hydrogens is 1540 g/mol. The number of nitrogens with zero attached hydrogens (tertiary/aromatic N) is 18. The maximum Gasteiger partial charge on any atom is 0.439 e. The molecule has 15 heterocycles. The zero-order chi connectivity index (χ0) is 79.4. The first-order chi connectivity index (χ1) is 56.4. The Morgan fingerprint density at radius 3 is 1.21 bits per heavy atom. The Labute approximate surface area is 683 Å². The second-order valence-corrected chi connectivity index (χ2v) is 34.7. The fourth-order valence-corrected chi connectivity index (χ4v) is 19.8. The number of hydrogen-bond acceptors (Lipinski definition) is 24. The lowest BCUT2D eigenvalue weighted by atomic mass is 9.83. The standard InChI is InChI=1S/2C28H32ClN7O3.C27H32ClN7O3/c2*1-16-5-7-17(8-6-16)15-36-25-20(32-27(36)35-9-10-38-23-4-2-3-22(23)35)12-21(26-33-34-28(37)39-26)31-24(25)18-11-19(29)14-30-13-18;1-15-4-6-18(7-5-15)12-34-24-21(31-26(34)35-16(2)13-37-14-17(35)3)9-22(25-32-27(36)38-33-25)30-23(24)19-8-20(28)11-29-10-19/h2*11-14,16-17,22-23H,2-10,15H2,1H3,(H,34,37);8-11,15-18H,4-7,12-14H2,1-3H3,(H,32,33,36)/t2*16?,17?,22-,23-;15?,16-,17-,18?/m101/s1. The summed E-state index contributed by atoms with van der Waals surface area (Å²) in [6.45, 7) is 18.2. The van der Waals surface area contributed by atoms with Gasteiger partial charge in [-0.2, -0.15) is 0 Å². The molecule has 0 spiro atoms. The highest BCUT2D eigenvalue weighted by Crippen LogP contribution is 2.45. The van der Waals surface area contributed by atoms with Crippen LogP contribution in [0.3, 0.4) is 0 Å². The number of H-pyrrole nitrogens is 3. The maximum absolute atomic E-state index is 11.8. The predicted molar refractivity (Wildman–Crippen MR) is 441 cm³/mol. The molecule has 33 heteroatoms. The minimum Gasteiger partial charge on any atom is -0.386 e. The zero-order valence-electron chi connectivity index (χ0n) is 65.8. The normalized spacial score (nSPS) is 25.0. The van der Waals surface area contributed by atoms with Crippen LogP contribution in [-0.4, -0.2) is 165 Å². The van der Waals surface area contributed by atoms with Gasteiger partial charge in [-0.3, -0.25) is 24.5 Å². The van der Waals surface area contributed by atoms with Gasteiger partial charge in [0.05, 0.1) is 128 Å². The Bertz CT molecular complexity index is 5460. The van der Waals surface area contributed by atoms with Gasteiger partial charge < -0.3 is 51.4 Å². The van der Waals surface area contributed by atoms with Crippen LogP contribution in [0.4, 0.5) is 17.8 Å². The van der Waals surface area contributed by atoms with E-state index >= 15 is 0 Å². The van der Waals surface area contributed by atoms with Crippen molar-refractivity contribution in [3.8, 4) is 68.5 Å². The molecule has 20 rings (SSSR count). The molecular formula is C83H96Cl3N21O9. The topological polar surface area (TPSA) is 345 Å². The Kier molecular flexibility index (Phi) is 22.3. The number of imidazole rings is 3. The molecule has 0 amide bonds. The van der Waals surface area contributed by atoms with Crippen LogP contribution in [0.15, 0.2) is 101 Å². The number of hydrogen-bond donors (Lipinski definition) is 3. The number of aromatic nitrogens is 18. The maximum atomic E-state index is 11.8. The molecule has 3 aliphatic heterocycles. The van der Waals surface area contributed by atoms with Gasteiger partial charge >= 0.3 is 17.3 Å². The van der Waals surface area contributed by atoms with Crippen molar-refractivity contribution in [3.63, 3.8) is 0 Å². The molecule has 0 radical (unpaired) electrons. The quantitative estimate of drug-likeness (QED) is 0.0858. The van der Waals surface area contributed by atoms with Crippen molar-refractivity contribution in [2.75, 3.05) is 54.2 Å². The van der Waals surface area contributed by atoms with Crippen molar-refractivity contribution >= 4 is 85.7 Å². The fourth-order valence-electron chi connectivity index (χ4n) is 19.2. The summed E-state index contributed by atoms with van der Waals surface area (Å²) in [4.78, 5) is 88.8. The Hall–Kier alpha value is -9.72. The van der Waals surface area contributed by atoms with Gasteiger partial charge in [0.15, 0.2) is 0 Å². The number of anilines is 3. The van der Waals surface area contributed by atoms with Crippen LogP contribution in [-0.2, 0) is 33.8 Å². The van der Waals surface area contributed by atoms with E-state index in [4.69, 9.17) is 92.3 Å². The summed E-state index contributed by atoms with van der Waals surface area (Å²) in [5.74, 6) is 5.43. The summed E-state index contributed by atoms with van der Waals surface area (Å²) in [5, 5.41) is 18.2. The lowest BCUT2D eigenvalue weighted by Crippen LogP contribution is -2.51. The first kappa shape index (κ1) is 77.5. The molecule has 8 aliphatic rings. The van der Waals surface area contributed by atoms with Crippen LogP contribution in [0.5, 0.6) is 0 Å². The Morgan fingerprint density at radius 1 is 0.440 bits per heavy atom. The molecule has 5 saturated carbocycles. The van der Waals surface area contributed by atoms with Crippen molar-refractivity contribution in [3.05, 3.63) is 120 Å². The molecule has 30 nitrogen and oxygen atoms in total. The zero-order valence-corrected chi connectivity index (χ0v) is 68.1. The fraction of sp³-hybridized carbons (Fsp3) is 0.530. The average molecular weight is 1640 g/mol. The lowest BCUT2D eigenvalue weighted by molar-refractivity contribution is 0.0246. The highest BCUT2D eigenvalue weighted by Gasteiger charge is 2.42. The van der Waals surface area contributed by atoms with Gasteiger partial charge in [0.2, 0.25) is 23.7 Å². The molecule has 12 aromatic heterocycles. The van der Waals surface area contributed by atoms with Crippen molar-refractivity contribution < 1.29 is 27.6 Å². The van der Waals surface area contributed by atoms with Crippen LogP contribution in [0, 0.1) is 35.5 Å². The third kappa shape index (κ3) is 16.0. The highest BCUT2D eigenvalue weighted by atomic mass is 35.5. The summed E-state index contributed by atoms with van der Waals surface area (Å²) in [7, 11) is 0. The van der Waals surface area contributed by atoms with Crippen molar-refractivity contribution in [2.45, 2.75) is 206 Å². The molecule has 0 aromatic carbocycles. The van der Waals surface area contributed by atoms with Crippen LogP contribution in [0.1, 0.15) is 150 Å². The van der Waals surface area contributed by atoms with E-state index in [9.17, 15) is 14.4 Å². The molecule has 3 saturated heterocycles. The third-order valence-electron chi connectivity index (χ3n) is 25.2. The number of rotatable bonds is 15. The molecule has 0 unspecified atom stereocenters. The number of halogens is 3. The second-order valence-electron chi connectivity index (χ2n) is 33.4. The Balaban J connectivity index is 0.000000120. The second kappa shape index (κ2) is 33.3. The number of aromatic amines is 3. The van der Waals surface area contributed by atoms with Gasteiger partial charge in [-0.15, -0.1) is 10.2 Å². The number of fused-ring (bicyclic) bond motifs is 5. The van der Waals surface area contributed by atoms with E-state index < -0.39 is 17.3 Å². The highest BCUT2D eigenvalue weighted by molar-refractivity contribution is 6.31. The minimum absolute atomic E-state index is 0.123. The van der Waals surface area contributed by atoms with Gasteiger partial charge in [0.25, 0.3) is 11.8 Å². The molecule has 3 N–H and O–H groups in total. The summed E-state index contributed by atoms with van der Waals surface area (Å²) >= 11 is 19.2. The molecule has 6 atom stereocenters. The third-order valence-corrected chi connectivity index (χ3v) is 25.8. The Morgan fingerprint density at radius 2 is 0.828 bits per heavy atom. The van der Waals surface area contributed by atoms with E-state index in [2.05, 4.69) is 109 Å². The number of ether oxygens (including phenoxy) is 3. The predicted octanol–water partition coefficient (Wildman–Crippen LogP) is 15.1. The lowest BCUT2D eigenvalue weighted by Gasteiger charge is -2.40. The molecule has 608 valence electrons. The first-order valence-corrected chi connectivity index (χ1v) is 42.4.